The third-order valence-corrected chi connectivity index (χ3v) is 4.47. The van der Waals surface area contributed by atoms with Gasteiger partial charge in [0.05, 0.1) is 10.6 Å². The van der Waals surface area contributed by atoms with Crippen molar-refractivity contribution < 1.29 is 22.7 Å². The molecule has 1 unspecified atom stereocenters. The van der Waals surface area contributed by atoms with Crippen LogP contribution in [0.5, 0.6) is 5.75 Å². The summed E-state index contributed by atoms with van der Waals surface area (Å²) >= 11 is 0. The van der Waals surface area contributed by atoms with Crippen LogP contribution < -0.4 is 14.8 Å². The lowest BCUT2D eigenvalue weighted by atomic mass is 10.2. The summed E-state index contributed by atoms with van der Waals surface area (Å²) in [5.74, 6) is 0.0951. The molecule has 21 heavy (non-hydrogen) atoms. The summed E-state index contributed by atoms with van der Waals surface area (Å²) in [5.41, 5.74) is 0.469. The molecule has 8 heteroatoms. The van der Waals surface area contributed by atoms with Gasteiger partial charge < -0.3 is 14.8 Å². The van der Waals surface area contributed by atoms with Gasteiger partial charge >= 0.3 is 0 Å². The SMILES string of the molecule is COCCCNS(=O)(=O)c1ccc2c(c1)OC(C)C(=O)N2. The standard InChI is InChI=1S/C13H18N2O5S/c1-9-13(16)15-11-5-4-10(8-12(11)20-9)21(17,18)14-6-3-7-19-2/h4-5,8-9,14H,3,6-7H2,1-2H3,(H,15,16). The van der Waals surface area contributed by atoms with E-state index >= 15 is 0 Å². The molecule has 116 valence electrons. The van der Waals surface area contributed by atoms with Crippen molar-refractivity contribution in [1.82, 2.24) is 4.72 Å². The number of anilines is 1. The number of hydrogen-bond donors (Lipinski definition) is 2. The molecular weight excluding hydrogens is 296 g/mol. The Labute approximate surface area is 123 Å². The van der Waals surface area contributed by atoms with Crippen molar-refractivity contribution in [2.24, 2.45) is 0 Å². The van der Waals surface area contributed by atoms with E-state index in [-0.39, 0.29) is 10.8 Å². The van der Waals surface area contributed by atoms with Gasteiger partial charge in [-0.3, -0.25) is 4.79 Å². The number of carbonyl (C=O) groups is 1. The van der Waals surface area contributed by atoms with Crippen molar-refractivity contribution in [3.8, 4) is 5.75 Å². The molecule has 0 bridgehead atoms. The van der Waals surface area contributed by atoms with E-state index in [0.717, 1.165) is 0 Å². The van der Waals surface area contributed by atoms with Crippen molar-refractivity contribution in [1.29, 1.82) is 0 Å². The van der Waals surface area contributed by atoms with Crippen LogP contribution in [0.15, 0.2) is 23.1 Å². The lowest BCUT2D eigenvalue weighted by Crippen LogP contribution is -2.34. The minimum atomic E-state index is -3.60. The van der Waals surface area contributed by atoms with E-state index in [9.17, 15) is 13.2 Å². The van der Waals surface area contributed by atoms with Crippen LogP contribution in [-0.2, 0) is 19.6 Å². The molecule has 1 heterocycles. The molecule has 0 aromatic heterocycles. The Morgan fingerprint density at radius 3 is 2.90 bits per heavy atom. The molecule has 0 aliphatic carbocycles. The predicted molar refractivity (Wildman–Crippen MR) is 76.8 cm³/mol. The Morgan fingerprint density at radius 1 is 1.43 bits per heavy atom. The van der Waals surface area contributed by atoms with Gasteiger partial charge in [0.15, 0.2) is 6.10 Å². The maximum atomic E-state index is 12.1. The zero-order valence-corrected chi connectivity index (χ0v) is 12.7. The van der Waals surface area contributed by atoms with Crippen LogP contribution in [0.3, 0.4) is 0 Å². The minimum absolute atomic E-state index is 0.0991. The first-order valence-electron chi connectivity index (χ1n) is 6.54. The van der Waals surface area contributed by atoms with E-state index in [1.807, 2.05) is 0 Å². The van der Waals surface area contributed by atoms with Crippen LogP contribution in [0.2, 0.25) is 0 Å². The number of fused-ring (bicyclic) bond motifs is 1. The van der Waals surface area contributed by atoms with Crippen LogP contribution in [-0.4, -0.2) is 40.7 Å². The van der Waals surface area contributed by atoms with Gasteiger partial charge in [-0.05, 0) is 25.5 Å². The lowest BCUT2D eigenvalue weighted by molar-refractivity contribution is -0.122. The van der Waals surface area contributed by atoms with Crippen LogP contribution in [0.25, 0.3) is 0 Å². The van der Waals surface area contributed by atoms with E-state index in [1.165, 1.54) is 18.2 Å². The van der Waals surface area contributed by atoms with E-state index in [4.69, 9.17) is 9.47 Å². The van der Waals surface area contributed by atoms with Crippen molar-refractivity contribution in [2.45, 2.75) is 24.3 Å². The average molecular weight is 314 g/mol. The zero-order valence-electron chi connectivity index (χ0n) is 11.9. The van der Waals surface area contributed by atoms with E-state index in [0.29, 0.717) is 31.0 Å². The summed E-state index contributed by atoms with van der Waals surface area (Å²) in [5, 5.41) is 2.65. The maximum absolute atomic E-state index is 12.1. The molecule has 1 atom stereocenters. The second kappa shape index (κ2) is 6.42. The summed E-state index contributed by atoms with van der Waals surface area (Å²) in [6.07, 6.45) is -0.0605. The number of methoxy groups -OCH3 is 1. The van der Waals surface area contributed by atoms with Gasteiger partial charge in [-0.15, -0.1) is 0 Å². The molecule has 7 nitrogen and oxygen atoms in total. The molecule has 1 aliphatic heterocycles. The van der Waals surface area contributed by atoms with Crippen LogP contribution >= 0.6 is 0 Å². The van der Waals surface area contributed by atoms with E-state index in [2.05, 4.69) is 10.0 Å². The third kappa shape index (κ3) is 3.72. The molecule has 0 radical (unpaired) electrons. The summed E-state index contributed by atoms with van der Waals surface area (Å²) in [6.45, 7) is 2.38. The van der Waals surface area contributed by atoms with Crippen molar-refractivity contribution in [3.63, 3.8) is 0 Å². The first-order chi connectivity index (χ1) is 9.94. The monoisotopic (exact) mass is 314 g/mol. The minimum Gasteiger partial charge on any atom is -0.479 e. The molecule has 0 fully saturated rings. The van der Waals surface area contributed by atoms with E-state index < -0.39 is 16.1 Å². The number of benzene rings is 1. The largest absolute Gasteiger partial charge is 0.479 e. The Kier molecular flexibility index (Phi) is 4.81. The molecule has 0 saturated carbocycles. The molecule has 2 rings (SSSR count). The fraction of sp³-hybridized carbons (Fsp3) is 0.462. The molecular formula is C13H18N2O5S. The first-order valence-corrected chi connectivity index (χ1v) is 8.02. The Morgan fingerprint density at radius 2 is 2.19 bits per heavy atom. The number of amides is 1. The highest BCUT2D eigenvalue weighted by atomic mass is 32.2. The zero-order chi connectivity index (χ0) is 15.5. The fourth-order valence-corrected chi connectivity index (χ4v) is 2.94. The average Bonchev–Trinajstić information content (AvgIpc) is 2.44. The fourth-order valence-electron chi connectivity index (χ4n) is 1.86. The van der Waals surface area contributed by atoms with Gasteiger partial charge in [-0.25, -0.2) is 13.1 Å². The number of carbonyl (C=O) groups excluding carboxylic acids is 1. The van der Waals surface area contributed by atoms with E-state index in [1.54, 1.807) is 14.0 Å². The third-order valence-electron chi connectivity index (χ3n) is 3.01. The van der Waals surface area contributed by atoms with Crippen molar-refractivity contribution >= 4 is 21.6 Å². The molecule has 2 N–H and O–H groups in total. The predicted octanol–water partition coefficient (Wildman–Crippen LogP) is 0.721. The van der Waals surface area contributed by atoms with Crippen molar-refractivity contribution in [3.05, 3.63) is 18.2 Å². The number of rotatable bonds is 6. The number of hydrogen-bond acceptors (Lipinski definition) is 5. The summed E-state index contributed by atoms with van der Waals surface area (Å²) in [6, 6.07) is 4.35. The Balaban J connectivity index is 2.14. The van der Waals surface area contributed by atoms with Gasteiger partial charge in [0, 0.05) is 26.3 Å². The van der Waals surface area contributed by atoms with Crippen molar-refractivity contribution in [2.75, 3.05) is 25.6 Å². The molecule has 1 aliphatic rings. The molecule has 1 aromatic carbocycles. The number of nitrogens with one attached hydrogen (secondary N) is 2. The Hall–Kier alpha value is -1.64. The second-order valence-electron chi connectivity index (χ2n) is 4.65. The summed E-state index contributed by atoms with van der Waals surface area (Å²) in [4.78, 5) is 11.6. The van der Waals surface area contributed by atoms with Crippen LogP contribution in [0, 0.1) is 0 Å². The summed E-state index contributed by atoms with van der Waals surface area (Å²) < 4.78 is 37.0. The molecule has 0 spiro atoms. The molecule has 1 aromatic rings. The van der Waals surface area contributed by atoms with Gasteiger partial charge in [-0.2, -0.15) is 0 Å². The number of ether oxygens (including phenoxy) is 2. The highest BCUT2D eigenvalue weighted by Gasteiger charge is 2.25. The first kappa shape index (κ1) is 15.7. The van der Waals surface area contributed by atoms with Gasteiger partial charge in [0.1, 0.15) is 5.75 Å². The number of sulfonamides is 1. The lowest BCUT2D eigenvalue weighted by Gasteiger charge is -2.23. The smallest absolute Gasteiger partial charge is 0.265 e. The van der Waals surface area contributed by atoms with Crippen LogP contribution in [0.4, 0.5) is 5.69 Å². The molecule has 1 amide bonds. The van der Waals surface area contributed by atoms with Gasteiger partial charge in [0.25, 0.3) is 5.91 Å². The summed E-state index contributed by atoms with van der Waals surface area (Å²) in [7, 11) is -2.04. The normalized spacial score (nSPS) is 17.8. The van der Waals surface area contributed by atoms with Gasteiger partial charge in [0.2, 0.25) is 10.0 Å². The quantitative estimate of drug-likeness (QED) is 0.755. The Bertz CT molecular complexity index is 629. The maximum Gasteiger partial charge on any atom is 0.265 e. The van der Waals surface area contributed by atoms with Crippen LogP contribution in [0.1, 0.15) is 13.3 Å². The topological polar surface area (TPSA) is 93.7 Å². The van der Waals surface area contributed by atoms with Gasteiger partial charge in [-0.1, -0.05) is 0 Å². The highest BCUT2D eigenvalue weighted by Crippen LogP contribution is 2.31. The second-order valence-corrected chi connectivity index (χ2v) is 6.42. The molecule has 0 saturated heterocycles. The highest BCUT2D eigenvalue weighted by molar-refractivity contribution is 7.89.